The standard InChI is InChI=1S/C17H24N2/c1-13-5-6-15-12-16(8-7-14(15)11-13)19(4)10-9-17(2,3)18/h5-8,11-12H,9-10,18H2,1-4H3. The number of rotatable bonds is 4. The normalized spacial score (nSPS) is 11.8. The van der Waals surface area contributed by atoms with E-state index in [9.17, 15) is 0 Å². The molecule has 2 nitrogen and oxygen atoms in total. The first-order valence-corrected chi connectivity index (χ1v) is 6.86. The first-order chi connectivity index (χ1) is 8.85. The zero-order valence-electron chi connectivity index (χ0n) is 12.4. The van der Waals surface area contributed by atoms with Gasteiger partial charge in [-0.1, -0.05) is 29.8 Å². The van der Waals surface area contributed by atoms with Crippen molar-refractivity contribution in [2.24, 2.45) is 5.73 Å². The third-order valence-electron chi connectivity index (χ3n) is 3.51. The SMILES string of the molecule is Cc1ccc2cc(N(C)CCC(C)(C)N)ccc2c1. The molecule has 0 fully saturated rings. The van der Waals surface area contributed by atoms with Gasteiger partial charge in [0, 0.05) is 24.8 Å². The van der Waals surface area contributed by atoms with Gasteiger partial charge in [-0.25, -0.2) is 0 Å². The van der Waals surface area contributed by atoms with Crippen LogP contribution >= 0.6 is 0 Å². The molecule has 0 aliphatic heterocycles. The van der Waals surface area contributed by atoms with Gasteiger partial charge in [0.1, 0.15) is 0 Å². The Morgan fingerprint density at radius 1 is 1.05 bits per heavy atom. The van der Waals surface area contributed by atoms with Crippen LogP contribution in [0.2, 0.25) is 0 Å². The molecule has 0 atom stereocenters. The van der Waals surface area contributed by atoms with Crippen molar-refractivity contribution < 1.29 is 0 Å². The Morgan fingerprint density at radius 3 is 2.37 bits per heavy atom. The third kappa shape index (κ3) is 3.71. The van der Waals surface area contributed by atoms with E-state index in [1.165, 1.54) is 22.0 Å². The molecule has 2 heteroatoms. The van der Waals surface area contributed by atoms with E-state index in [2.05, 4.69) is 69.1 Å². The highest BCUT2D eigenvalue weighted by Crippen LogP contribution is 2.23. The van der Waals surface area contributed by atoms with Crippen molar-refractivity contribution >= 4 is 16.5 Å². The van der Waals surface area contributed by atoms with E-state index in [0.717, 1.165) is 13.0 Å². The molecule has 0 aliphatic carbocycles. The number of nitrogens with two attached hydrogens (primary N) is 1. The highest BCUT2D eigenvalue weighted by atomic mass is 15.1. The van der Waals surface area contributed by atoms with Crippen molar-refractivity contribution in [1.82, 2.24) is 0 Å². The summed E-state index contributed by atoms with van der Waals surface area (Å²) < 4.78 is 0. The van der Waals surface area contributed by atoms with Crippen molar-refractivity contribution in [3.8, 4) is 0 Å². The second kappa shape index (κ2) is 5.22. The fraction of sp³-hybridized carbons (Fsp3) is 0.412. The summed E-state index contributed by atoms with van der Waals surface area (Å²) in [5.41, 5.74) is 8.49. The monoisotopic (exact) mass is 256 g/mol. The van der Waals surface area contributed by atoms with Crippen molar-refractivity contribution in [3.05, 3.63) is 42.0 Å². The third-order valence-corrected chi connectivity index (χ3v) is 3.51. The zero-order chi connectivity index (χ0) is 14.0. The molecule has 2 aromatic carbocycles. The van der Waals surface area contributed by atoms with Crippen molar-refractivity contribution in [3.63, 3.8) is 0 Å². The van der Waals surface area contributed by atoms with E-state index in [1.807, 2.05) is 0 Å². The number of nitrogens with zero attached hydrogens (tertiary/aromatic N) is 1. The molecule has 2 rings (SSSR count). The molecule has 2 aromatic rings. The summed E-state index contributed by atoms with van der Waals surface area (Å²) in [6.07, 6.45) is 0.982. The summed E-state index contributed by atoms with van der Waals surface area (Å²) in [5, 5.41) is 2.60. The maximum absolute atomic E-state index is 6.04. The van der Waals surface area contributed by atoms with E-state index >= 15 is 0 Å². The molecule has 0 amide bonds. The Labute approximate surface area is 116 Å². The molecule has 0 saturated heterocycles. The first-order valence-electron chi connectivity index (χ1n) is 6.86. The first kappa shape index (κ1) is 13.9. The highest BCUT2D eigenvalue weighted by molar-refractivity contribution is 5.86. The zero-order valence-corrected chi connectivity index (χ0v) is 12.4. The van der Waals surface area contributed by atoms with Crippen LogP contribution in [0.1, 0.15) is 25.8 Å². The minimum absolute atomic E-state index is 0.109. The largest absolute Gasteiger partial charge is 0.375 e. The lowest BCUT2D eigenvalue weighted by atomic mass is 10.0. The van der Waals surface area contributed by atoms with Crippen LogP contribution < -0.4 is 10.6 Å². The van der Waals surface area contributed by atoms with Crippen LogP contribution in [0.3, 0.4) is 0 Å². The number of aryl methyl sites for hydroxylation is 1. The lowest BCUT2D eigenvalue weighted by Gasteiger charge is -2.25. The lowest BCUT2D eigenvalue weighted by Crippen LogP contribution is -2.36. The summed E-state index contributed by atoms with van der Waals surface area (Å²) >= 11 is 0. The van der Waals surface area contributed by atoms with Crippen molar-refractivity contribution in [1.29, 1.82) is 0 Å². The second-order valence-corrected chi connectivity index (χ2v) is 6.20. The Bertz CT molecular complexity index is 567. The van der Waals surface area contributed by atoms with Gasteiger partial charge < -0.3 is 10.6 Å². The summed E-state index contributed by atoms with van der Waals surface area (Å²) in [4.78, 5) is 2.27. The molecule has 0 heterocycles. The molecule has 0 spiro atoms. The van der Waals surface area contributed by atoms with Crippen LogP contribution in [0.25, 0.3) is 10.8 Å². The molecule has 0 aliphatic rings. The molecule has 2 N–H and O–H groups in total. The number of anilines is 1. The van der Waals surface area contributed by atoms with Crippen LogP contribution in [0.4, 0.5) is 5.69 Å². The Balaban J connectivity index is 2.18. The van der Waals surface area contributed by atoms with E-state index in [4.69, 9.17) is 5.73 Å². The van der Waals surface area contributed by atoms with Gasteiger partial charge in [-0.2, -0.15) is 0 Å². The van der Waals surface area contributed by atoms with E-state index in [1.54, 1.807) is 0 Å². The molecule has 0 unspecified atom stereocenters. The van der Waals surface area contributed by atoms with Crippen LogP contribution in [0.15, 0.2) is 36.4 Å². The second-order valence-electron chi connectivity index (χ2n) is 6.20. The van der Waals surface area contributed by atoms with Gasteiger partial charge in [-0.05, 0) is 50.1 Å². The highest BCUT2D eigenvalue weighted by Gasteiger charge is 2.12. The molecule has 0 radical (unpaired) electrons. The number of hydrogen-bond donors (Lipinski definition) is 1. The van der Waals surface area contributed by atoms with Crippen LogP contribution in [0.5, 0.6) is 0 Å². The van der Waals surface area contributed by atoms with Crippen molar-refractivity contribution in [2.45, 2.75) is 32.7 Å². The topological polar surface area (TPSA) is 29.3 Å². The number of fused-ring (bicyclic) bond motifs is 1. The fourth-order valence-corrected chi connectivity index (χ4v) is 2.17. The number of benzene rings is 2. The molecule has 19 heavy (non-hydrogen) atoms. The van der Waals surface area contributed by atoms with E-state index in [-0.39, 0.29) is 5.54 Å². The predicted molar refractivity (Wildman–Crippen MR) is 84.8 cm³/mol. The molecule has 0 bridgehead atoms. The van der Waals surface area contributed by atoms with Gasteiger partial charge in [0.2, 0.25) is 0 Å². The Hall–Kier alpha value is -1.54. The number of hydrogen-bond acceptors (Lipinski definition) is 2. The Morgan fingerprint density at radius 2 is 1.68 bits per heavy atom. The minimum Gasteiger partial charge on any atom is -0.375 e. The van der Waals surface area contributed by atoms with Gasteiger partial charge in [0.15, 0.2) is 0 Å². The van der Waals surface area contributed by atoms with Crippen LogP contribution in [-0.2, 0) is 0 Å². The summed E-state index contributed by atoms with van der Waals surface area (Å²) in [7, 11) is 2.13. The maximum atomic E-state index is 6.04. The molecular weight excluding hydrogens is 232 g/mol. The summed E-state index contributed by atoms with van der Waals surface area (Å²) in [6, 6.07) is 13.2. The average Bonchev–Trinajstić information content (AvgIpc) is 2.34. The molecule has 102 valence electrons. The Kier molecular flexibility index (Phi) is 3.81. The lowest BCUT2D eigenvalue weighted by molar-refractivity contribution is 0.479. The predicted octanol–water partition coefficient (Wildman–Crippen LogP) is 3.71. The fourth-order valence-electron chi connectivity index (χ4n) is 2.17. The molecule has 0 aromatic heterocycles. The van der Waals surface area contributed by atoms with Gasteiger partial charge in [-0.15, -0.1) is 0 Å². The van der Waals surface area contributed by atoms with Gasteiger partial charge >= 0.3 is 0 Å². The van der Waals surface area contributed by atoms with Crippen molar-refractivity contribution in [2.75, 3.05) is 18.5 Å². The van der Waals surface area contributed by atoms with E-state index < -0.39 is 0 Å². The minimum atomic E-state index is -0.109. The average molecular weight is 256 g/mol. The smallest absolute Gasteiger partial charge is 0.0370 e. The molecule has 0 saturated carbocycles. The summed E-state index contributed by atoms with van der Waals surface area (Å²) in [5.74, 6) is 0. The van der Waals surface area contributed by atoms with Crippen LogP contribution in [-0.4, -0.2) is 19.1 Å². The quantitative estimate of drug-likeness (QED) is 0.903. The van der Waals surface area contributed by atoms with Gasteiger partial charge in [0.25, 0.3) is 0 Å². The van der Waals surface area contributed by atoms with Gasteiger partial charge in [-0.3, -0.25) is 0 Å². The molecular formula is C17H24N2. The van der Waals surface area contributed by atoms with E-state index in [0.29, 0.717) is 0 Å². The summed E-state index contributed by atoms with van der Waals surface area (Å²) in [6.45, 7) is 7.25. The van der Waals surface area contributed by atoms with Crippen LogP contribution in [0, 0.1) is 6.92 Å². The van der Waals surface area contributed by atoms with Gasteiger partial charge in [0.05, 0.1) is 0 Å². The maximum Gasteiger partial charge on any atom is 0.0370 e.